The van der Waals surface area contributed by atoms with Gasteiger partial charge in [-0.15, -0.1) is 0 Å². The molecule has 16 heavy (non-hydrogen) atoms. The second-order valence-corrected chi connectivity index (χ2v) is 3.35. The molecule has 1 aliphatic heterocycles. The molecule has 3 amide bonds. The number of nitrogens with zero attached hydrogens (tertiary/aromatic N) is 1. The van der Waals surface area contributed by atoms with Crippen LogP contribution in [0, 0.1) is 0 Å². The molecule has 0 radical (unpaired) electrons. The lowest BCUT2D eigenvalue weighted by atomic mass is 10.3. The minimum absolute atomic E-state index is 0.0224. The number of amides is 3. The largest absolute Gasteiger partial charge is 0.354 e. The molecule has 3 N–H and O–H groups in total. The van der Waals surface area contributed by atoms with Gasteiger partial charge in [-0.2, -0.15) is 0 Å². The lowest BCUT2D eigenvalue weighted by Gasteiger charge is -2.07. The zero-order chi connectivity index (χ0) is 12.1. The fourth-order valence-electron chi connectivity index (χ4n) is 1.07. The molecule has 0 bridgehead atoms. The van der Waals surface area contributed by atoms with E-state index < -0.39 is 17.9 Å². The Morgan fingerprint density at radius 2 is 1.94 bits per heavy atom. The van der Waals surface area contributed by atoms with Gasteiger partial charge in [-0.1, -0.05) is 6.92 Å². The first-order chi connectivity index (χ1) is 7.54. The molecule has 0 saturated carbocycles. The van der Waals surface area contributed by atoms with E-state index in [2.05, 4.69) is 20.9 Å². The van der Waals surface area contributed by atoms with Crippen LogP contribution in [0.1, 0.15) is 20.3 Å². The topological polar surface area (TPSA) is 99.7 Å². The van der Waals surface area contributed by atoms with Gasteiger partial charge in [0, 0.05) is 6.54 Å². The first-order valence-electron chi connectivity index (χ1n) is 5.02. The van der Waals surface area contributed by atoms with E-state index in [1.54, 1.807) is 6.92 Å². The number of carbonyl (C=O) groups is 3. The van der Waals surface area contributed by atoms with Crippen molar-refractivity contribution < 1.29 is 14.4 Å². The van der Waals surface area contributed by atoms with E-state index in [1.807, 2.05) is 6.92 Å². The number of hydrogen-bond donors (Lipinski definition) is 3. The summed E-state index contributed by atoms with van der Waals surface area (Å²) in [5.74, 6) is -1.75. The lowest BCUT2D eigenvalue weighted by Crippen LogP contribution is -2.35. The highest BCUT2D eigenvalue weighted by atomic mass is 16.2. The van der Waals surface area contributed by atoms with Crippen LogP contribution >= 0.6 is 0 Å². The Hall–Kier alpha value is -1.92. The van der Waals surface area contributed by atoms with Crippen molar-refractivity contribution in [3.05, 3.63) is 0 Å². The van der Waals surface area contributed by atoms with Crippen molar-refractivity contribution in [1.29, 1.82) is 0 Å². The first kappa shape index (κ1) is 12.2. The Morgan fingerprint density at radius 1 is 1.38 bits per heavy atom. The van der Waals surface area contributed by atoms with Crippen LogP contribution in [-0.2, 0) is 14.4 Å². The zero-order valence-corrected chi connectivity index (χ0v) is 9.16. The second-order valence-electron chi connectivity index (χ2n) is 3.35. The number of hydrogen-bond acceptors (Lipinski definition) is 4. The van der Waals surface area contributed by atoms with Gasteiger partial charge in [0.1, 0.15) is 6.04 Å². The average Bonchev–Trinajstić information content (AvgIpc) is 2.54. The van der Waals surface area contributed by atoms with Gasteiger partial charge in [0.15, 0.2) is 0 Å². The maximum absolute atomic E-state index is 11.4. The summed E-state index contributed by atoms with van der Waals surface area (Å²) < 4.78 is 0. The van der Waals surface area contributed by atoms with Gasteiger partial charge in [-0.3, -0.25) is 25.0 Å². The maximum atomic E-state index is 11.4. The Kier molecular flexibility index (Phi) is 3.98. The summed E-state index contributed by atoms with van der Waals surface area (Å²) in [6.07, 6.45) is 0.836. The summed E-state index contributed by atoms with van der Waals surface area (Å²) in [4.78, 5) is 36.9. The highest BCUT2D eigenvalue weighted by Gasteiger charge is 2.26. The molecule has 0 spiro atoms. The van der Waals surface area contributed by atoms with Crippen LogP contribution in [0.15, 0.2) is 4.99 Å². The molecule has 1 unspecified atom stereocenters. The molecular formula is C9H14N4O3. The van der Waals surface area contributed by atoms with Crippen LogP contribution in [0.3, 0.4) is 0 Å². The first-order valence-corrected chi connectivity index (χ1v) is 5.02. The average molecular weight is 226 g/mol. The van der Waals surface area contributed by atoms with Gasteiger partial charge in [-0.05, 0) is 13.3 Å². The molecule has 7 heteroatoms. The molecule has 1 heterocycles. The zero-order valence-electron chi connectivity index (χ0n) is 9.16. The normalized spacial score (nSPS) is 16.5. The van der Waals surface area contributed by atoms with Gasteiger partial charge < -0.3 is 5.32 Å². The Balaban J connectivity index is 2.53. The third-order valence-corrected chi connectivity index (χ3v) is 1.92. The van der Waals surface area contributed by atoms with Gasteiger partial charge in [-0.25, -0.2) is 4.99 Å². The Labute approximate surface area is 92.7 Å². The van der Waals surface area contributed by atoms with E-state index in [1.165, 1.54) is 0 Å². The number of rotatable bonds is 4. The summed E-state index contributed by atoms with van der Waals surface area (Å²) in [6, 6.07) is -0.653. The predicted octanol–water partition coefficient (Wildman–Crippen LogP) is -1.50. The smallest absolute Gasteiger partial charge is 0.316 e. The quantitative estimate of drug-likeness (QED) is 0.509. The van der Waals surface area contributed by atoms with Crippen molar-refractivity contribution in [2.75, 3.05) is 6.54 Å². The van der Waals surface area contributed by atoms with Gasteiger partial charge in [0.25, 0.3) is 0 Å². The van der Waals surface area contributed by atoms with Crippen molar-refractivity contribution >= 4 is 23.7 Å². The van der Waals surface area contributed by atoms with Crippen LogP contribution in [0.2, 0.25) is 0 Å². The summed E-state index contributed by atoms with van der Waals surface area (Å²) in [5, 5.41) is 7.09. The second kappa shape index (κ2) is 5.24. The van der Waals surface area contributed by atoms with Gasteiger partial charge in [0.2, 0.25) is 11.9 Å². The van der Waals surface area contributed by atoms with E-state index >= 15 is 0 Å². The monoisotopic (exact) mass is 226 g/mol. The van der Waals surface area contributed by atoms with Crippen LogP contribution in [0.5, 0.6) is 0 Å². The summed E-state index contributed by atoms with van der Waals surface area (Å²) in [6.45, 7) is 4.09. The molecule has 1 aliphatic rings. The molecule has 0 aliphatic carbocycles. The molecule has 7 nitrogen and oxygen atoms in total. The maximum Gasteiger partial charge on any atom is 0.316 e. The summed E-state index contributed by atoms with van der Waals surface area (Å²) in [5.41, 5.74) is 0. The van der Waals surface area contributed by atoms with E-state index in [-0.39, 0.29) is 11.9 Å². The molecule has 1 rings (SSSR count). The van der Waals surface area contributed by atoms with Crippen molar-refractivity contribution in [3.8, 4) is 0 Å². The van der Waals surface area contributed by atoms with E-state index in [0.29, 0.717) is 6.54 Å². The fraction of sp³-hybridized carbons (Fsp3) is 0.556. The molecule has 88 valence electrons. The third kappa shape index (κ3) is 3.04. The van der Waals surface area contributed by atoms with Crippen LogP contribution in [0.4, 0.5) is 0 Å². The fourth-order valence-corrected chi connectivity index (χ4v) is 1.07. The number of nitrogens with one attached hydrogen (secondary N) is 3. The van der Waals surface area contributed by atoms with E-state index in [9.17, 15) is 14.4 Å². The van der Waals surface area contributed by atoms with Crippen LogP contribution in [0.25, 0.3) is 0 Å². The van der Waals surface area contributed by atoms with Crippen molar-refractivity contribution in [1.82, 2.24) is 16.0 Å². The standard InChI is InChI=1S/C9H14N4O3/c1-3-4-10-6(14)5(2)11-9-12-7(15)8(16)13-9/h5H,3-4H2,1-2H3,(H,10,14)(H2,11,12,13,15,16). The van der Waals surface area contributed by atoms with Crippen molar-refractivity contribution in [2.24, 2.45) is 4.99 Å². The van der Waals surface area contributed by atoms with E-state index in [4.69, 9.17) is 0 Å². The Bertz CT molecular complexity index is 333. The van der Waals surface area contributed by atoms with Crippen molar-refractivity contribution in [3.63, 3.8) is 0 Å². The number of guanidine groups is 1. The minimum atomic E-state index is -0.764. The molecule has 1 saturated heterocycles. The summed E-state index contributed by atoms with van der Waals surface area (Å²) >= 11 is 0. The highest BCUT2D eigenvalue weighted by Crippen LogP contribution is 1.92. The molecule has 0 aromatic carbocycles. The minimum Gasteiger partial charge on any atom is -0.354 e. The van der Waals surface area contributed by atoms with E-state index in [0.717, 1.165) is 6.42 Å². The number of aliphatic imine (C=N–C) groups is 1. The van der Waals surface area contributed by atoms with Crippen LogP contribution < -0.4 is 16.0 Å². The third-order valence-electron chi connectivity index (χ3n) is 1.92. The number of carbonyl (C=O) groups excluding carboxylic acids is 3. The molecular weight excluding hydrogens is 212 g/mol. The van der Waals surface area contributed by atoms with Crippen LogP contribution in [-0.4, -0.2) is 36.3 Å². The SMILES string of the molecule is CCCNC(=O)C(C)N=C1NC(=O)C(=O)N1. The predicted molar refractivity (Wildman–Crippen MR) is 56.5 cm³/mol. The molecule has 0 aromatic rings. The van der Waals surface area contributed by atoms with Crippen molar-refractivity contribution in [2.45, 2.75) is 26.3 Å². The lowest BCUT2D eigenvalue weighted by molar-refractivity contribution is -0.135. The molecule has 1 fully saturated rings. The van der Waals surface area contributed by atoms with Gasteiger partial charge >= 0.3 is 11.8 Å². The Morgan fingerprint density at radius 3 is 2.44 bits per heavy atom. The molecule has 0 aromatic heterocycles. The summed E-state index contributed by atoms with van der Waals surface area (Å²) in [7, 11) is 0. The highest BCUT2D eigenvalue weighted by molar-refractivity contribution is 6.45. The van der Waals surface area contributed by atoms with Gasteiger partial charge in [0.05, 0.1) is 0 Å². The molecule has 1 atom stereocenters.